The standard InChI is InChI=1S/C6H11N2O2/c9-5-8(6-10)3-1-2-7-4-8/h1-2,4,9-10H,3,5-6H2/q+1. The Morgan fingerprint density at radius 2 is 2.10 bits per heavy atom. The van der Waals surface area contributed by atoms with Crippen molar-refractivity contribution in [3.63, 3.8) is 0 Å². The van der Waals surface area contributed by atoms with E-state index in [0.29, 0.717) is 6.54 Å². The minimum absolute atomic E-state index is 0.107. The van der Waals surface area contributed by atoms with Crippen LogP contribution in [0.25, 0.3) is 0 Å². The normalized spacial score (nSPS) is 21.4. The van der Waals surface area contributed by atoms with Crippen molar-refractivity contribution in [3.05, 3.63) is 12.3 Å². The Kier molecular flexibility index (Phi) is 2.16. The monoisotopic (exact) mass is 143 g/mol. The second-order valence-electron chi connectivity index (χ2n) is 2.33. The number of aliphatic hydroxyl groups excluding tert-OH is 2. The van der Waals surface area contributed by atoms with Crippen LogP contribution in [-0.4, -0.2) is 41.0 Å². The highest BCUT2D eigenvalue weighted by molar-refractivity contribution is 5.48. The van der Waals surface area contributed by atoms with Crippen LogP contribution in [0.2, 0.25) is 0 Å². The van der Waals surface area contributed by atoms with Crippen LogP contribution in [0, 0.1) is 0 Å². The van der Waals surface area contributed by atoms with E-state index in [4.69, 9.17) is 10.2 Å². The first-order valence-corrected chi connectivity index (χ1v) is 3.10. The van der Waals surface area contributed by atoms with Gasteiger partial charge in [0, 0.05) is 6.20 Å². The first-order valence-electron chi connectivity index (χ1n) is 3.10. The van der Waals surface area contributed by atoms with Crippen LogP contribution in [0.3, 0.4) is 0 Å². The van der Waals surface area contributed by atoms with E-state index in [0.717, 1.165) is 0 Å². The Bertz CT molecular complexity index is 161. The Morgan fingerprint density at radius 1 is 1.40 bits per heavy atom. The van der Waals surface area contributed by atoms with Gasteiger partial charge in [-0.05, 0) is 6.08 Å². The number of aliphatic hydroxyl groups is 2. The lowest BCUT2D eigenvalue weighted by Gasteiger charge is -2.28. The number of nitrogens with zero attached hydrogens (tertiary/aromatic N) is 2. The van der Waals surface area contributed by atoms with E-state index in [9.17, 15) is 0 Å². The average molecular weight is 143 g/mol. The van der Waals surface area contributed by atoms with Crippen LogP contribution in [0.4, 0.5) is 0 Å². The van der Waals surface area contributed by atoms with Gasteiger partial charge >= 0.3 is 0 Å². The molecule has 0 aromatic carbocycles. The van der Waals surface area contributed by atoms with Gasteiger partial charge in [-0.15, -0.1) is 0 Å². The molecule has 1 heterocycles. The maximum absolute atomic E-state index is 8.83. The molecule has 0 aliphatic carbocycles. The van der Waals surface area contributed by atoms with Gasteiger partial charge in [0.1, 0.15) is 6.54 Å². The van der Waals surface area contributed by atoms with Crippen LogP contribution in [-0.2, 0) is 0 Å². The fraction of sp³-hybridized carbons (Fsp3) is 0.500. The largest absolute Gasteiger partial charge is 0.347 e. The molecule has 1 aliphatic rings. The number of hydrogen-bond acceptors (Lipinski definition) is 3. The van der Waals surface area contributed by atoms with Crippen molar-refractivity contribution in [2.24, 2.45) is 4.99 Å². The van der Waals surface area contributed by atoms with Crippen LogP contribution >= 0.6 is 0 Å². The molecule has 0 aromatic heterocycles. The molecule has 4 heteroatoms. The number of aliphatic imine (C=N–C) groups is 1. The second kappa shape index (κ2) is 2.92. The summed E-state index contributed by atoms with van der Waals surface area (Å²) < 4.78 is 0.122. The summed E-state index contributed by atoms with van der Waals surface area (Å²) in [4.78, 5) is 3.82. The summed E-state index contributed by atoms with van der Waals surface area (Å²) in [6.45, 7) is 0.394. The third-order valence-corrected chi connectivity index (χ3v) is 1.54. The molecule has 0 radical (unpaired) electrons. The number of quaternary nitrogens is 1. The summed E-state index contributed by atoms with van der Waals surface area (Å²) in [6.07, 6.45) is 5.01. The molecule has 0 amide bonds. The van der Waals surface area contributed by atoms with Crippen LogP contribution in [0.1, 0.15) is 0 Å². The lowest BCUT2D eigenvalue weighted by molar-refractivity contribution is -0.869. The molecule has 2 N–H and O–H groups in total. The molecule has 0 aromatic rings. The summed E-state index contributed by atoms with van der Waals surface area (Å²) in [5.74, 6) is 0. The number of rotatable bonds is 2. The molecule has 10 heavy (non-hydrogen) atoms. The maximum atomic E-state index is 8.83. The van der Waals surface area contributed by atoms with E-state index < -0.39 is 0 Å². The van der Waals surface area contributed by atoms with Gasteiger partial charge in [0.15, 0.2) is 19.8 Å². The van der Waals surface area contributed by atoms with E-state index >= 15 is 0 Å². The molecule has 0 atom stereocenters. The van der Waals surface area contributed by atoms with Crippen LogP contribution < -0.4 is 0 Å². The highest BCUT2D eigenvalue weighted by atomic mass is 16.3. The molecule has 56 valence electrons. The van der Waals surface area contributed by atoms with Crippen LogP contribution in [0.5, 0.6) is 0 Å². The smallest absolute Gasteiger partial charge is 0.193 e. The van der Waals surface area contributed by atoms with Gasteiger partial charge in [-0.1, -0.05) is 0 Å². The highest BCUT2D eigenvalue weighted by Gasteiger charge is 2.22. The van der Waals surface area contributed by atoms with Gasteiger partial charge in [0.25, 0.3) is 0 Å². The lowest BCUT2D eigenvalue weighted by atomic mass is 10.4. The van der Waals surface area contributed by atoms with Gasteiger partial charge in [0.2, 0.25) is 0 Å². The lowest BCUT2D eigenvalue weighted by Crippen LogP contribution is -2.49. The predicted octanol–water partition coefficient (Wildman–Crippen LogP) is -0.742. The first kappa shape index (κ1) is 7.40. The van der Waals surface area contributed by atoms with Crippen molar-refractivity contribution in [2.45, 2.75) is 0 Å². The Labute approximate surface area is 59.3 Å². The minimum Gasteiger partial charge on any atom is -0.347 e. The molecule has 0 saturated carbocycles. The topological polar surface area (TPSA) is 52.8 Å². The van der Waals surface area contributed by atoms with E-state index in [1.807, 2.05) is 6.08 Å². The molecule has 0 unspecified atom stereocenters. The van der Waals surface area contributed by atoms with Crippen molar-refractivity contribution >= 4 is 6.34 Å². The van der Waals surface area contributed by atoms with Crippen LogP contribution in [0.15, 0.2) is 17.3 Å². The van der Waals surface area contributed by atoms with Crippen molar-refractivity contribution in [3.8, 4) is 0 Å². The summed E-state index contributed by atoms with van der Waals surface area (Å²) >= 11 is 0. The molecule has 0 saturated heterocycles. The molecule has 0 fully saturated rings. The summed E-state index contributed by atoms with van der Waals surface area (Å²) in [6, 6.07) is 0. The van der Waals surface area contributed by atoms with Crippen molar-refractivity contribution in [1.29, 1.82) is 0 Å². The van der Waals surface area contributed by atoms with E-state index in [1.54, 1.807) is 12.5 Å². The van der Waals surface area contributed by atoms with E-state index in [2.05, 4.69) is 4.99 Å². The molecule has 0 spiro atoms. The predicted molar refractivity (Wildman–Crippen MR) is 36.9 cm³/mol. The van der Waals surface area contributed by atoms with Gasteiger partial charge in [0.05, 0.1) is 0 Å². The average Bonchev–Trinajstić information content (AvgIpc) is 2.06. The molecular weight excluding hydrogens is 132 g/mol. The van der Waals surface area contributed by atoms with Crippen molar-refractivity contribution < 1.29 is 14.7 Å². The Hall–Kier alpha value is -0.710. The number of hydrogen-bond donors (Lipinski definition) is 2. The zero-order chi connectivity index (χ0) is 7.45. The second-order valence-corrected chi connectivity index (χ2v) is 2.33. The maximum Gasteiger partial charge on any atom is 0.193 e. The van der Waals surface area contributed by atoms with Crippen molar-refractivity contribution in [2.75, 3.05) is 20.0 Å². The SMILES string of the molecule is OC[N+]1(CO)C=NC=CC1. The quantitative estimate of drug-likeness (QED) is 0.500. The molecule has 1 aliphatic heterocycles. The summed E-state index contributed by atoms with van der Waals surface area (Å²) in [5, 5.41) is 17.7. The third kappa shape index (κ3) is 1.23. The minimum atomic E-state index is -0.107. The fourth-order valence-electron chi connectivity index (χ4n) is 0.778. The first-order chi connectivity index (χ1) is 4.83. The summed E-state index contributed by atoms with van der Waals surface area (Å²) in [5.41, 5.74) is 0. The van der Waals surface area contributed by atoms with Crippen molar-refractivity contribution in [1.82, 2.24) is 0 Å². The van der Waals surface area contributed by atoms with E-state index in [1.165, 1.54) is 0 Å². The van der Waals surface area contributed by atoms with E-state index in [-0.39, 0.29) is 17.9 Å². The Balaban J connectivity index is 2.66. The molecule has 4 nitrogen and oxygen atoms in total. The Morgan fingerprint density at radius 3 is 2.40 bits per heavy atom. The molecule has 1 rings (SSSR count). The van der Waals surface area contributed by atoms with Gasteiger partial charge in [-0.25, -0.2) is 9.48 Å². The molecular formula is C6H11N2O2+. The van der Waals surface area contributed by atoms with Gasteiger partial charge in [-0.3, -0.25) is 0 Å². The zero-order valence-corrected chi connectivity index (χ0v) is 5.64. The molecule has 0 bridgehead atoms. The highest BCUT2D eigenvalue weighted by Crippen LogP contribution is 2.04. The van der Waals surface area contributed by atoms with Gasteiger partial charge in [-0.2, -0.15) is 0 Å². The van der Waals surface area contributed by atoms with Gasteiger partial charge < -0.3 is 10.2 Å². The third-order valence-electron chi connectivity index (χ3n) is 1.54. The summed E-state index contributed by atoms with van der Waals surface area (Å²) in [7, 11) is 0. The zero-order valence-electron chi connectivity index (χ0n) is 5.64. The fourth-order valence-corrected chi connectivity index (χ4v) is 0.778.